The van der Waals surface area contributed by atoms with E-state index in [0.717, 1.165) is 5.56 Å². The van der Waals surface area contributed by atoms with Gasteiger partial charge in [0.1, 0.15) is 6.10 Å². The van der Waals surface area contributed by atoms with Crippen LogP contribution in [-0.2, 0) is 9.53 Å². The van der Waals surface area contributed by atoms with Gasteiger partial charge in [0, 0.05) is 6.54 Å². The number of hydrogen-bond acceptors (Lipinski definition) is 3. The summed E-state index contributed by atoms with van der Waals surface area (Å²) >= 11 is 11.9. The average molecular weight is 340 g/mol. The van der Waals surface area contributed by atoms with Crippen LogP contribution in [0, 0.1) is 0 Å². The Morgan fingerprint density at radius 3 is 2.75 bits per heavy atom. The molecule has 2 atom stereocenters. The molecule has 2 rings (SSSR count). The van der Waals surface area contributed by atoms with Gasteiger partial charge in [0.15, 0.2) is 0 Å². The fourth-order valence-corrected chi connectivity index (χ4v) is 2.36. The number of hydrogen-bond donors (Lipinski definition) is 1. The topological polar surface area (TPSA) is 55.6 Å². The zero-order valence-corrected chi connectivity index (χ0v) is 13.3. The highest BCUT2D eigenvalue weighted by Gasteiger charge is 2.27. The van der Waals surface area contributed by atoms with Crippen molar-refractivity contribution in [3.63, 3.8) is 0 Å². The molecule has 1 aliphatic heterocycles. The summed E-state index contributed by atoms with van der Waals surface area (Å²) in [6.07, 6.45) is -0.189. The minimum absolute atomic E-state index is 0. The molecule has 1 amide bonds. The fraction of sp³-hybridized carbons (Fsp3) is 0.462. The monoisotopic (exact) mass is 338 g/mol. The summed E-state index contributed by atoms with van der Waals surface area (Å²) in [5.74, 6) is -0.0617. The van der Waals surface area contributed by atoms with Gasteiger partial charge in [0.05, 0.1) is 29.2 Å². The van der Waals surface area contributed by atoms with Crippen molar-refractivity contribution in [3.05, 3.63) is 33.8 Å². The van der Waals surface area contributed by atoms with Crippen LogP contribution in [0.15, 0.2) is 18.2 Å². The van der Waals surface area contributed by atoms with Crippen molar-refractivity contribution < 1.29 is 9.53 Å². The number of benzene rings is 1. The summed E-state index contributed by atoms with van der Waals surface area (Å²) in [6, 6.07) is 4.87. The third-order valence-electron chi connectivity index (χ3n) is 3.08. The van der Waals surface area contributed by atoms with E-state index in [9.17, 15) is 4.79 Å². The second kappa shape index (κ2) is 7.48. The molecule has 0 radical (unpaired) electrons. The number of halogens is 3. The Bertz CT molecular complexity index is 483. The number of nitrogens with two attached hydrogens (primary N) is 1. The van der Waals surface area contributed by atoms with Crippen molar-refractivity contribution in [1.82, 2.24) is 4.90 Å². The summed E-state index contributed by atoms with van der Waals surface area (Å²) in [6.45, 7) is 3.23. The molecule has 1 saturated heterocycles. The van der Waals surface area contributed by atoms with Crippen LogP contribution in [0.1, 0.15) is 18.6 Å². The standard InChI is InChI=1S/C13H16Cl2N2O2.ClH/c1-8(16)13(18)17-4-5-19-12(7-17)9-2-3-10(14)11(15)6-9;/h2-3,6,8,12H,4-5,7,16H2,1H3;1H/t8-,12?;/m1./s1. The lowest BCUT2D eigenvalue weighted by Gasteiger charge is -2.34. The molecule has 20 heavy (non-hydrogen) atoms. The quantitative estimate of drug-likeness (QED) is 0.901. The SMILES string of the molecule is C[C@@H](N)C(=O)N1CCOC(c2ccc(Cl)c(Cl)c2)C1.Cl. The Morgan fingerprint density at radius 2 is 2.15 bits per heavy atom. The zero-order chi connectivity index (χ0) is 14.0. The maximum Gasteiger partial charge on any atom is 0.239 e. The maximum atomic E-state index is 11.9. The van der Waals surface area contributed by atoms with Crippen LogP contribution in [0.5, 0.6) is 0 Å². The first-order valence-corrected chi connectivity index (χ1v) is 6.85. The number of rotatable bonds is 2. The van der Waals surface area contributed by atoms with E-state index < -0.39 is 6.04 Å². The minimum atomic E-state index is -0.493. The van der Waals surface area contributed by atoms with Gasteiger partial charge >= 0.3 is 0 Å². The predicted molar refractivity (Wildman–Crippen MR) is 82.6 cm³/mol. The van der Waals surface area contributed by atoms with E-state index in [1.807, 2.05) is 6.07 Å². The fourth-order valence-electron chi connectivity index (χ4n) is 2.05. The summed E-state index contributed by atoms with van der Waals surface area (Å²) in [5.41, 5.74) is 6.54. The third-order valence-corrected chi connectivity index (χ3v) is 3.82. The molecule has 112 valence electrons. The third kappa shape index (κ3) is 3.99. The number of ether oxygens (including phenoxy) is 1. The van der Waals surface area contributed by atoms with Gasteiger partial charge in [0.25, 0.3) is 0 Å². The van der Waals surface area contributed by atoms with Gasteiger partial charge in [-0.1, -0.05) is 29.3 Å². The van der Waals surface area contributed by atoms with Crippen LogP contribution in [-0.4, -0.2) is 36.5 Å². The Morgan fingerprint density at radius 1 is 1.45 bits per heavy atom. The minimum Gasteiger partial charge on any atom is -0.370 e. The van der Waals surface area contributed by atoms with Crippen molar-refractivity contribution in [3.8, 4) is 0 Å². The first-order valence-electron chi connectivity index (χ1n) is 6.10. The molecule has 0 bridgehead atoms. The maximum absolute atomic E-state index is 11.9. The van der Waals surface area contributed by atoms with Gasteiger partial charge in [-0.05, 0) is 24.6 Å². The largest absolute Gasteiger partial charge is 0.370 e. The molecule has 1 aliphatic rings. The molecule has 0 aromatic heterocycles. The smallest absolute Gasteiger partial charge is 0.239 e. The van der Waals surface area contributed by atoms with Gasteiger partial charge in [0.2, 0.25) is 5.91 Å². The number of amides is 1. The Labute approximate surface area is 134 Å². The van der Waals surface area contributed by atoms with E-state index in [-0.39, 0.29) is 24.4 Å². The Kier molecular flexibility index (Phi) is 6.55. The second-order valence-corrected chi connectivity index (χ2v) is 5.42. The van der Waals surface area contributed by atoms with Crippen LogP contribution in [0.4, 0.5) is 0 Å². The van der Waals surface area contributed by atoms with Crippen LogP contribution in [0.3, 0.4) is 0 Å². The summed E-state index contributed by atoms with van der Waals surface area (Å²) in [5, 5.41) is 0.989. The Balaban J connectivity index is 0.00000200. The molecule has 0 aliphatic carbocycles. The van der Waals surface area contributed by atoms with E-state index in [1.165, 1.54) is 0 Å². The van der Waals surface area contributed by atoms with Crippen molar-refractivity contribution in [2.75, 3.05) is 19.7 Å². The summed E-state index contributed by atoms with van der Waals surface area (Å²) in [4.78, 5) is 13.6. The van der Waals surface area contributed by atoms with Gasteiger partial charge in [-0.15, -0.1) is 12.4 Å². The first kappa shape index (κ1) is 17.5. The second-order valence-electron chi connectivity index (χ2n) is 4.61. The molecule has 7 heteroatoms. The predicted octanol–water partition coefficient (Wildman–Crippen LogP) is 2.66. The number of carbonyl (C=O) groups is 1. The van der Waals surface area contributed by atoms with Crippen LogP contribution >= 0.6 is 35.6 Å². The lowest BCUT2D eigenvalue weighted by atomic mass is 10.1. The molecular formula is C13H17Cl3N2O2. The molecule has 2 N–H and O–H groups in total. The number of nitrogens with zero attached hydrogens (tertiary/aromatic N) is 1. The van der Waals surface area contributed by atoms with Crippen molar-refractivity contribution >= 4 is 41.5 Å². The molecule has 0 spiro atoms. The van der Waals surface area contributed by atoms with Gasteiger partial charge in [-0.25, -0.2) is 0 Å². The summed E-state index contributed by atoms with van der Waals surface area (Å²) < 4.78 is 5.68. The molecule has 4 nitrogen and oxygen atoms in total. The van der Waals surface area contributed by atoms with E-state index in [0.29, 0.717) is 29.7 Å². The molecule has 1 aromatic rings. The van der Waals surface area contributed by atoms with Crippen LogP contribution < -0.4 is 5.73 Å². The average Bonchev–Trinajstić information content (AvgIpc) is 2.41. The highest BCUT2D eigenvalue weighted by Crippen LogP contribution is 2.29. The van der Waals surface area contributed by atoms with E-state index in [4.69, 9.17) is 33.7 Å². The molecule has 0 saturated carbocycles. The van der Waals surface area contributed by atoms with Crippen molar-refractivity contribution in [2.24, 2.45) is 5.73 Å². The van der Waals surface area contributed by atoms with Crippen LogP contribution in [0.25, 0.3) is 0 Å². The molecule has 1 aromatic carbocycles. The number of morpholine rings is 1. The highest BCUT2D eigenvalue weighted by atomic mass is 35.5. The lowest BCUT2D eigenvalue weighted by molar-refractivity contribution is -0.140. The summed E-state index contributed by atoms with van der Waals surface area (Å²) in [7, 11) is 0. The zero-order valence-electron chi connectivity index (χ0n) is 11.0. The van der Waals surface area contributed by atoms with Crippen molar-refractivity contribution in [1.29, 1.82) is 0 Å². The van der Waals surface area contributed by atoms with E-state index in [2.05, 4.69) is 0 Å². The normalized spacial score (nSPS) is 20.2. The highest BCUT2D eigenvalue weighted by molar-refractivity contribution is 6.42. The molecule has 1 fully saturated rings. The molecule has 1 unspecified atom stereocenters. The lowest BCUT2D eigenvalue weighted by Crippen LogP contribution is -2.48. The molecule has 1 heterocycles. The van der Waals surface area contributed by atoms with Gasteiger partial charge < -0.3 is 15.4 Å². The molecular weight excluding hydrogens is 323 g/mol. The first-order chi connectivity index (χ1) is 8.99. The van der Waals surface area contributed by atoms with Gasteiger partial charge in [-0.2, -0.15) is 0 Å². The van der Waals surface area contributed by atoms with Crippen molar-refractivity contribution in [2.45, 2.75) is 19.1 Å². The van der Waals surface area contributed by atoms with E-state index >= 15 is 0 Å². The van der Waals surface area contributed by atoms with Crippen LogP contribution in [0.2, 0.25) is 10.0 Å². The Hall–Kier alpha value is -0.520. The van der Waals surface area contributed by atoms with Gasteiger partial charge in [-0.3, -0.25) is 4.79 Å². The van der Waals surface area contributed by atoms with E-state index in [1.54, 1.807) is 24.0 Å². The number of carbonyl (C=O) groups excluding carboxylic acids is 1.